The minimum Gasteiger partial charge on any atom is -0.307 e. The van der Waals surface area contributed by atoms with E-state index in [1.165, 1.54) is 18.6 Å². The summed E-state index contributed by atoms with van der Waals surface area (Å²) in [4.78, 5) is 15.7. The molecule has 1 N–H and O–H groups in total. The van der Waals surface area contributed by atoms with Crippen LogP contribution in [0.2, 0.25) is 0 Å². The fourth-order valence-corrected chi connectivity index (χ4v) is 0.872. The van der Waals surface area contributed by atoms with Gasteiger partial charge < -0.3 is 5.32 Å². The molecule has 0 amide bonds. The molecule has 0 atom stereocenters. The summed E-state index contributed by atoms with van der Waals surface area (Å²) >= 11 is 0. The van der Waals surface area contributed by atoms with Gasteiger partial charge in [0.25, 0.3) is 0 Å². The first-order valence-corrected chi connectivity index (χ1v) is 4.46. The molecule has 6 heteroatoms. The van der Waals surface area contributed by atoms with E-state index in [0.717, 1.165) is 0 Å². The number of anilines is 1. The number of rotatable bonds is 2. The number of nitriles is 1. The first kappa shape index (κ1) is 11.5. The lowest BCUT2D eigenvalue weighted by molar-refractivity contribution is 1.16. The molecule has 80 valence electrons. The summed E-state index contributed by atoms with van der Waals surface area (Å²) in [6, 6.07) is 1.88. The van der Waals surface area contributed by atoms with Gasteiger partial charge >= 0.3 is 0 Å². The van der Waals surface area contributed by atoms with Crippen LogP contribution in [0.5, 0.6) is 0 Å². The van der Waals surface area contributed by atoms with E-state index in [1.54, 1.807) is 13.1 Å². The monoisotopic (exact) mass is 214 g/mol. The van der Waals surface area contributed by atoms with Crippen LogP contribution in [0.4, 0.5) is 5.82 Å². The van der Waals surface area contributed by atoms with Crippen LogP contribution >= 0.6 is 0 Å². The van der Waals surface area contributed by atoms with E-state index < -0.39 is 0 Å². The Morgan fingerprint density at radius 2 is 2.38 bits per heavy atom. The molecule has 0 fully saturated rings. The summed E-state index contributed by atoms with van der Waals surface area (Å²) in [5, 5.41) is 11.4. The van der Waals surface area contributed by atoms with Crippen LogP contribution in [0.25, 0.3) is 0 Å². The van der Waals surface area contributed by atoms with Gasteiger partial charge in [0, 0.05) is 12.4 Å². The van der Waals surface area contributed by atoms with Crippen LogP contribution in [-0.2, 0) is 0 Å². The molecule has 0 aromatic carbocycles. The number of hydrogen-bond donors (Lipinski definition) is 1. The third-order valence-electron chi connectivity index (χ3n) is 1.47. The highest BCUT2D eigenvalue weighted by molar-refractivity contribution is 5.97. The number of nitrogens with zero attached hydrogens (tertiary/aromatic N) is 5. The molecule has 0 aliphatic carbocycles. The summed E-state index contributed by atoms with van der Waals surface area (Å²) in [5.74, 6) is 0.821. The van der Waals surface area contributed by atoms with Crippen molar-refractivity contribution in [1.82, 2.24) is 9.97 Å². The van der Waals surface area contributed by atoms with E-state index >= 15 is 0 Å². The zero-order valence-electron chi connectivity index (χ0n) is 8.75. The summed E-state index contributed by atoms with van der Waals surface area (Å²) in [5.41, 5.74) is 0.256. The number of nitrogens with one attached hydrogen (secondary N) is 1. The number of aliphatic imine (C=N–C) groups is 2. The average Bonchev–Trinajstić information content (AvgIpc) is 2.31. The highest BCUT2D eigenvalue weighted by atomic mass is 15.2. The second-order valence-corrected chi connectivity index (χ2v) is 2.55. The van der Waals surface area contributed by atoms with Crippen LogP contribution < -0.4 is 5.32 Å². The van der Waals surface area contributed by atoms with Crippen LogP contribution in [-0.4, -0.2) is 22.1 Å². The van der Waals surface area contributed by atoms with Crippen molar-refractivity contribution < 1.29 is 0 Å². The van der Waals surface area contributed by atoms with Crippen LogP contribution in [0, 0.1) is 11.3 Å². The third-order valence-corrected chi connectivity index (χ3v) is 1.47. The fraction of sp³-hybridized carbons (Fsp3) is 0.100. The van der Waals surface area contributed by atoms with Crippen molar-refractivity contribution in [1.29, 1.82) is 5.26 Å². The molecule has 1 aromatic rings. The number of aromatic nitrogens is 2. The molecular formula is C10H10N6. The highest BCUT2D eigenvalue weighted by Crippen LogP contribution is 2.00. The normalized spacial score (nSPS) is 11.1. The van der Waals surface area contributed by atoms with Gasteiger partial charge in [0.15, 0.2) is 11.5 Å². The molecule has 0 bridgehead atoms. The maximum atomic E-state index is 8.55. The largest absolute Gasteiger partial charge is 0.307 e. The average molecular weight is 214 g/mol. The van der Waals surface area contributed by atoms with Gasteiger partial charge in [-0.15, -0.1) is 0 Å². The van der Waals surface area contributed by atoms with Crippen molar-refractivity contribution in [3.05, 3.63) is 30.9 Å². The van der Waals surface area contributed by atoms with E-state index in [2.05, 4.69) is 31.8 Å². The topological polar surface area (TPSA) is 86.3 Å². The zero-order chi connectivity index (χ0) is 11.8. The van der Waals surface area contributed by atoms with Gasteiger partial charge in [-0.3, -0.25) is 0 Å². The molecule has 6 nitrogen and oxygen atoms in total. The molecule has 0 saturated carbocycles. The van der Waals surface area contributed by atoms with Crippen molar-refractivity contribution in [3.8, 4) is 6.07 Å². The molecule has 0 aliphatic rings. The van der Waals surface area contributed by atoms with Gasteiger partial charge in [0.1, 0.15) is 6.07 Å². The van der Waals surface area contributed by atoms with Gasteiger partial charge in [0.2, 0.25) is 5.96 Å². The Bertz CT molecular complexity index is 451. The molecule has 0 saturated heterocycles. The maximum Gasteiger partial charge on any atom is 0.227 e. The minimum atomic E-state index is 0.256. The van der Waals surface area contributed by atoms with Gasteiger partial charge in [-0.25, -0.2) is 20.0 Å². The standard InChI is InChI=1S/C10H10N6/c1-3-12-10(13-4-2)16-9-7-14-8(5-11)6-15-9/h3-4,6-7H,1H2,2H3,(H,12,15,16)/b13-4-. The second kappa shape index (κ2) is 6.03. The molecule has 1 aromatic heterocycles. The Morgan fingerprint density at radius 1 is 1.56 bits per heavy atom. The van der Waals surface area contributed by atoms with Gasteiger partial charge in [0.05, 0.1) is 12.4 Å². The summed E-state index contributed by atoms with van der Waals surface area (Å²) < 4.78 is 0. The Balaban J connectivity index is 2.82. The van der Waals surface area contributed by atoms with Crippen molar-refractivity contribution >= 4 is 18.0 Å². The Kier molecular flexibility index (Phi) is 4.34. The summed E-state index contributed by atoms with van der Waals surface area (Å²) in [6.45, 7) is 5.24. The van der Waals surface area contributed by atoms with Crippen LogP contribution in [0.1, 0.15) is 12.6 Å². The van der Waals surface area contributed by atoms with Crippen molar-refractivity contribution in [2.45, 2.75) is 6.92 Å². The Hall–Kier alpha value is -2.55. The Morgan fingerprint density at radius 3 is 2.88 bits per heavy atom. The molecule has 0 spiro atoms. The zero-order valence-corrected chi connectivity index (χ0v) is 8.75. The SMILES string of the molecule is C=C/N=C(\N=C/C)Nc1cnc(C#N)cn1. The van der Waals surface area contributed by atoms with E-state index in [-0.39, 0.29) is 5.69 Å². The first-order valence-electron chi connectivity index (χ1n) is 4.46. The highest BCUT2D eigenvalue weighted by Gasteiger charge is 1.99. The lowest BCUT2D eigenvalue weighted by atomic mass is 10.5. The summed E-state index contributed by atoms with van der Waals surface area (Å²) in [6.07, 6.45) is 5.75. The van der Waals surface area contributed by atoms with Crippen molar-refractivity contribution in [3.63, 3.8) is 0 Å². The molecule has 16 heavy (non-hydrogen) atoms. The fourth-order valence-electron chi connectivity index (χ4n) is 0.872. The molecule has 0 aliphatic heterocycles. The number of guanidine groups is 1. The van der Waals surface area contributed by atoms with E-state index in [0.29, 0.717) is 11.8 Å². The van der Waals surface area contributed by atoms with Gasteiger partial charge in [-0.05, 0) is 6.92 Å². The summed E-state index contributed by atoms with van der Waals surface area (Å²) in [7, 11) is 0. The predicted octanol–water partition coefficient (Wildman–Crippen LogP) is 1.35. The second-order valence-electron chi connectivity index (χ2n) is 2.55. The lowest BCUT2D eigenvalue weighted by Crippen LogP contribution is -2.10. The van der Waals surface area contributed by atoms with Crippen LogP contribution in [0.3, 0.4) is 0 Å². The van der Waals surface area contributed by atoms with E-state index in [1.807, 2.05) is 6.07 Å². The molecular weight excluding hydrogens is 204 g/mol. The Labute approximate surface area is 93.1 Å². The first-order chi connectivity index (χ1) is 7.80. The number of hydrogen-bond acceptors (Lipinski definition) is 4. The molecule has 0 radical (unpaired) electrons. The van der Waals surface area contributed by atoms with Gasteiger partial charge in [-0.2, -0.15) is 5.26 Å². The van der Waals surface area contributed by atoms with E-state index in [4.69, 9.17) is 5.26 Å². The molecule has 1 heterocycles. The van der Waals surface area contributed by atoms with Crippen LogP contribution in [0.15, 0.2) is 35.2 Å². The lowest BCUT2D eigenvalue weighted by Gasteiger charge is -2.02. The third kappa shape index (κ3) is 3.31. The quantitative estimate of drug-likeness (QED) is 0.594. The smallest absolute Gasteiger partial charge is 0.227 e. The molecule has 0 unspecified atom stereocenters. The van der Waals surface area contributed by atoms with Gasteiger partial charge in [-0.1, -0.05) is 6.58 Å². The van der Waals surface area contributed by atoms with Crippen molar-refractivity contribution in [2.24, 2.45) is 9.98 Å². The maximum absolute atomic E-state index is 8.55. The minimum absolute atomic E-state index is 0.256. The van der Waals surface area contributed by atoms with E-state index in [9.17, 15) is 0 Å². The predicted molar refractivity (Wildman–Crippen MR) is 62.2 cm³/mol. The molecule has 1 rings (SSSR count). The van der Waals surface area contributed by atoms with Crippen molar-refractivity contribution in [2.75, 3.05) is 5.32 Å².